The summed E-state index contributed by atoms with van der Waals surface area (Å²) in [7, 11) is 1.73. The minimum absolute atomic E-state index is 0.0539. The molecule has 1 rings (SSSR count). The fourth-order valence-corrected chi connectivity index (χ4v) is 1.31. The van der Waals surface area contributed by atoms with Crippen molar-refractivity contribution >= 4 is 11.9 Å². The van der Waals surface area contributed by atoms with Gasteiger partial charge in [-0.25, -0.2) is 0 Å². The van der Waals surface area contributed by atoms with Crippen LogP contribution in [0.3, 0.4) is 0 Å². The third-order valence-electron chi connectivity index (χ3n) is 2.13. The Bertz CT molecular complexity index is 347. The zero-order valence-electron chi connectivity index (χ0n) is 10.5. The van der Waals surface area contributed by atoms with Crippen molar-refractivity contribution in [2.24, 2.45) is 0 Å². The van der Waals surface area contributed by atoms with E-state index in [2.05, 4.69) is 20.3 Å². The maximum Gasteiger partial charge on any atom is 0.323 e. The average Bonchev–Trinajstić information content (AvgIpc) is 2.35. The highest BCUT2D eigenvalue weighted by Gasteiger charge is 2.11. The van der Waals surface area contributed by atoms with Crippen LogP contribution in [0.25, 0.3) is 0 Å². The van der Waals surface area contributed by atoms with Crippen LogP contribution in [0.15, 0.2) is 0 Å². The normalized spacial score (nSPS) is 10.1. The summed E-state index contributed by atoms with van der Waals surface area (Å²) >= 11 is 0. The fraction of sp³-hybridized carbons (Fsp3) is 0.700. The van der Waals surface area contributed by atoms with Crippen LogP contribution in [0.2, 0.25) is 0 Å². The lowest BCUT2D eigenvalue weighted by molar-refractivity contribution is 0.299. The Morgan fingerprint density at radius 2 is 2.06 bits per heavy atom. The minimum atomic E-state index is 0.0539. The van der Waals surface area contributed by atoms with Crippen LogP contribution in [-0.4, -0.2) is 53.4 Å². The quantitative estimate of drug-likeness (QED) is 0.702. The molecule has 1 aromatic heterocycles. The highest BCUT2D eigenvalue weighted by atomic mass is 16.5. The van der Waals surface area contributed by atoms with Crippen LogP contribution in [0, 0.1) is 0 Å². The molecule has 0 aliphatic rings. The monoisotopic (exact) mass is 241 g/mol. The summed E-state index contributed by atoms with van der Waals surface area (Å²) < 4.78 is 5.27. The van der Waals surface area contributed by atoms with Crippen molar-refractivity contribution in [1.29, 1.82) is 0 Å². The van der Waals surface area contributed by atoms with E-state index in [1.165, 1.54) is 0 Å². The predicted octanol–water partition coefficient (Wildman–Crippen LogP) is 0.131. The van der Waals surface area contributed by atoms with Crippen molar-refractivity contribution in [3.63, 3.8) is 0 Å². The number of nitrogens with one attached hydrogen (secondary N) is 1. The number of aliphatic hydroxyl groups is 1. The molecule has 0 unspecified atom stereocenters. The van der Waals surface area contributed by atoms with Gasteiger partial charge in [-0.2, -0.15) is 15.0 Å². The smallest absolute Gasteiger partial charge is 0.323 e. The van der Waals surface area contributed by atoms with E-state index in [9.17, 15) is 0 Å². The number of nitrogens with zero attached hydrogens (tertiary/aromatic N) is 4. The van der Waals surface area contributed by atoms with E-state index in [1.807, 2.05) is 18.7 Å². The van der Waals surface area contributed by atoms with Crippen molar-refractivity contribution in [1.82, 2.24) is 15.0 Å². The molecule has 0 fully saturated rings. The summed E-state index contributed by atoms with van der Waals surface area (Å²) in [6.07, 6.45) is 0. The van der Waals surface area contributed by atoms with E-state index in [0.717, 1.165) is 0 Å². The maximum absolute atomic E-state index is 8.97. The maximum atomic E-state index is 8.97. The first-order valence-corrected chi connectivity index (χ1v) is 5.67. The number of aliphatic hydroxyl groups excluding tert-OH is 1. The topological polar surface area (TPSA) is 83.4 Å². The zero-order valence-corrected chi connectivity index (χ0v) is 10.5. The lowest BCUT2D eigenvalue weighted by Crippen LogP contribution is -2.28. The molecule has 1 aromatic rings. The van der Waals surface area contributed by atoms with Crippen molar-refractivity contribution < 1.29 is 9.84 Å². The van der Waals surface area contributed by atoms with Crippen LogP contribution < -0.4 is 15.0 Å². The highest BCUT2D eigenvalue weighted by molar-refractivity contribution is 5.37. The van der Waals surface area contributed by atoms with E-state index < -0.39 is 0 Å². The molecule has 2 N–H and O–H groups in total. The molecular formula is C10H19N5O2. The summed E-state index contributed by atoms with van der Waals surface area (Å²) in [4.78, 5) is 14.3. The van der Waals surface area contributed by atoms with Gasteiger partial charge >= 0.3 is 6.01 Å². The summed E-state index contributed by atoms with van der Waals surface area (Å²) in [6, 6.07) is 0.290. The van der Waals surface area contributed by atoms with E-state index in [0.29, 0.717) is 37.6 Å². The molecule has 0 saturated heterocycles. The standard InChI is InChI=1S/C10H19N5O2/c1-4-15(6-7-16)9-12-8(11-3)13-10(14-9)17-5-2/h16H,4-7H2,1-3H3,(H,11,12,13,14). The Morgan fingerprint density at radius 1 is 1.29 bits per heavy atom. The van der Waals surface area contributed by atoms with Gasteiger partial charge in [-0.3, -0.25) is 0 Å². The van der Waals surface area contributed by atoms with Gasteiger partial charge < -0.3 is 20.1 Å². The Hall–Kier alpha value is -1.63. The summed E-state index contributed by atoms with van der Waals surface area (Å²) in [6.45, 7) is 5.58. The lowest BCUT2D eigenvalue weighted by atomic mass is 10.5. The van der Waals surface area contributed by atoms with E-state index in [4.69, 9.17) is 9.84 Å². The van der Waals surface area contributed by atoms with Crippen molar-refractivity contribution in [2.45, 2.75) is 13.8 Å². The molecule has 96 valence electrons. The first-order chi connectivity index (χ1) is 8.24. The van der Waals surface area contributed by atoms with Crippen LogP contribution >= 0.6 is 0 Å². The average molecular weight is 241 g/mol. The first-order valence-electron chi connectivity index (χ1n) is 5.67. The van der Waals surface area contributed by atoms with Gasteiger partial charge in [0.05, 0.1) is 13.2 Å². The van der Waals surface area contributed by atoms with Gasteiger partial charge in [0.15, 0.2) is 0 Å². The molecule has 0 spiro atoms. The number of hydrogen-bond acceptors (Lipinski definition) is 7. The number of rotatable bonds is 7. The van der Waals surface area contributed by atoms with Crippen LogP contribution in [-0.2, 0) is 0 Å². The first kappa shape index (κ1) is 13.4. The molecule has 7 heteroatoms. The molecule has 0 saturated carbocycles. The van der Waals surface area contributed by atoms with Gasteiger partial charge in [0.25, 0.3) is 0 Å². The second-order valence-electron chi connectivity index (χ2n) is 3.23. The molecular weight excluding hydrogens is 222 g/mol. The SMILES string of the molecule is CCOc1nc(NC)nc(N(CC)CCO)n1. The number of likely N-dealkylation sites (N-methyl/N-ethyl adjacent to an activating group) is 1. The molecule has 17 heavy (non-hydrogen) atoms. The molecule has 0 radical (unpaired) electrons. The van der Waals surface area contributed by atoms with Crippen LogP contribution in [0.5, 0.6) is 6.01 Å². The minimum Gasteiger partial charge on any atom is -0.464 e. The Morgan fingerprint density at radius 3 is 2.59 bits per heavy atom. The van der Waals surface area contributed by atoms with Gasteiger partial charge in [0, 0.05) is 20.1 Å². The van der Waals surface area contributed by atoms with Crippen molar-refractivity contribution in [3.05, 3.63) is 0 Å². The number of anilines is 2. The van der Waals surface area contributed by atoms with Crippen molar-refractivity contribution in [2.75, 3.05) is 43.6 Å². The molecule has 7 nitrogen and oxygen atoms in total. The molecule has 0 amide bonds. The summed E-state index contributed by atoms with van der Waals surface area (Å²) in [5.74, 6) is 0.958. The molecule has 1 heterocycles. The molecule has 0 bridgehead atoms. The Labute approximate surface area is 101 Å². The van der Waals surface area contributed by atoms with E-state index >= 15 is 0 Å². The van der Waals surface area contributed by atoms with Gasteiger partial charge in [-0.05, 0) is 13.8 Å². The van der Waals surface area contributed by atoms with Gasteiger partial charge in [0.2, 0.25) is 11.9 Å². The van der Waals surface area contributed by atoms with Gasteiger partial charge in [0.1, 0.15) is 0 Å². The zero-order chi connectivity index (χ0) is 12.7. The van der Waals surface area contributed by atoms with Crippen LogP contribution in [0.1, 0.15) is 13.8 Å². The lowest BCUT2D eigenvalue weighted by Gasteiger charge is -2.20. The Balaban J connectivity index is 2.99. The third kappa shape index (κ3) is 3.70. The molecule has 0 aliphatic carbocycles. The number of ether oxygens (including phenoxy) is 1. The molecule has 0 atom stereocenters. The second-order valence-corrected chi connectivity index (χ2v) is 3.23. The second kappa shape index (κ2) is 6.85. The number of hydrogen-bond donors (Lipinski definition) is 2. The molecule has 0 aliphatic heterocycles. The van der Waals surface area contributed by atoms with Gasteiger partial charge in [-0.15, -0.1) is 0 Å². The largest absolute Gasteiger partial charge is 0.464 e. The van der Waals surface area contributed by atoms with E-state index in [1.54, 1.807) is 7.05 Å². The fourth-order valence-electron chi connectivity index (χ4n) is 1.31. The van der Waals surface area contributed by atoms with Gasteiger partial charge in [-0.1, -0.05) is 0 Å². The highest BCUT2D eigenvalue weighted by Crippen LogP contribution is 2.14. The van der Waals surface area contributed by atoms with Crippen molar-refractivity contribution in [3.8, 4) is 6.01 Å². The third-order valence-corrected chi connectivity index (χ3v) is 2.13. The molecule has 0 aromatic carbocycles. The van der Waals surface area contributed by atoms with E-state index in [-0.39, 0.29) is 6.61 Å². The summed E-state index contributed by atoms with van der Waals surface area (Å²) in [5.41, 5.74) is 0. The Kier molecular flexibility index (Phi) is 5.41. The summed E-state index contributed by atoms with van der Waals surface area (Å²) in [5, 5.41) is 11.8. The van der Waals surface area contributed by atoms with Crippen LogP contribution in [0.4, 0.5) is 11.9 Å². The predicted molar refractivity (Wildman–Crippen MR) is 65.5 cm³/mol. The number of aromatic nitrogens is 3.